The molecule has 1 saturated heterocycles. The van der Waals surface area contributed by atoms with Crippen LogP contribution in [-0.4, -0.2) is 38.3 Å². The SMILES string of the molecule is COCC1CCN(c2nc(CNCC(C)C)co2)CC1. The van der Waals surface area contributed by atoms with Crippen molar-refractivity contribution in [1.29, 1.82) is 0 Å². The fourth-order valence-electron chi connectivity index (χ4n) is 2.54. The fraction of sp³-hybridized carbons (Fsp3) is 0.800. The summed E-state index contributed by atoms with van der Waals surface area (Å²) in [4.78, 5) is 6.80. The number of aromatic nitrogens is 1. The lowest BCUT2D eigenvalue weighted by Crippen LogP contribution is -2.35. The zero-order chi connectivity index (χ0) is 14.4. The zero-order valence-electron chi connectivity index (χ0n) is 12.9. The predicted octanol–water partition coefficient (Wildman–Crippen LogP) is 2.28. The van der Waals surface area contributed by atoms with Crippen molar-refractivity contribution >= 4 is 6.01 Å². The van der Waals surface area contributed by atoms with E-state index in [0.29, 0.717) is 11.8 Å². The molecule has 0 unspecified atom stereocenters. The molecule has 1 aliphatic heterocycles. The highest BCUT2D eigenvalue weighted by molar-refractivity contribution is 5.27. The van der Waals surface area contributed by atoms with Crippen molar-refractivity contribution < 1.29 is 9.15 Å². The van der Waals surface area contributed by atoms with Crippen LogP contribution in [0.25, 0.3) is 0 Å². The van der Waals surface area contributed by atoms with Gasteiger partial charge in [-0.1, -0.05) is 13.8 Å². The highest BCUT2D eigenvalue weighted by Crippen LogP contribution is 2.22. The number of piperidine rings is 1. The van der Waals surface area contributed by atoms with Crippen molar-refractivity contribution in [2.75, 3.05) is 38.3 Å². The molecule has 114 valence electrons. The maximum Gasteiger partial charge on any atom is 0.297 e. The van der Waals surface area contributed by atoms with Gasteiger partial charge in [-0.15, -0.1) is 0 Å². The second-order valence-corrected chi connectivity index (χ2v) is 6.03. The third kappa shape index (κ3) is 4.49. The van der Waals surface area contributed by atoms with Gasteiger partial charge in [-0.2, -0.15) is 4.98 Å². The Morgan fingerprint density at radius 2 is 2.20 bits per heavy atom. The molecule has 2 rings (SSSR count). The van der Waals surface area contributed by atoms with Gasteiger partial charge in [0.2, 0.25) is 0 Å². The maximum atomic E-state index is 5.60. The van der Waals surface area contributed by atoms with Crippen LogP contribution in [0.1, 0.15) is 32.4 Å². The molecule has 0 saturated carbocycles. The van der Waals surface area contributed by atoms with Gasteiger partial charge in [0.25, 0.3) is 6.01 Å². The van der Waals surface area contributed by atoms with Gasteiger partial charge in [0.05, 0.1) is 5.69 Å². The largest absolute Gasteiger partial charge is 0.432 e. The van der Waals surface area contributed by atoms with Gasteiger partial charge in [0, 0.05) is 33.4 Å². The molecule has 1 aliphatic rings. The van der Waals surface area contributed by atoms with Gasteiger partial charge >= 0.3 is 0 Å². The minimum absolute atomic E-state index is 0.654. The predicted molar refractivity (Wildman–Crippen MR) is 79.9 cm³/mol. The van der Waals surface area contributed by atoms with Crippen molar-refractivity contribution in [1.82, 2.24) is 10.3 Å². The molecule has 1 N–H and O–H groups in total. The number of rotatable bonds is 7. The molecule has 5 nitrogen and oxygen atoms in total. The Morgan fingerprint density at radius 1 is 1.45 bits per heavy atom. The third-order valence-corrected chi connectivity index (χ3v) is 3.69. The van der Waals surface area contributed by atoms with Crippen molar-refractivity contribution in [3.05, 3.63) is 12.0 Å². The smallest absolute Gasteiger partial charge is 0.297 e. The summed E-state index contributed by atoms with van der Waals surface area (Å²) in [6.45, 7) is 9.06. The van der Waals surface area contributed by atoms with Gasteiger partial charge < -0.3 is 19.4 Å². The monoisotopic (exact) mass is 281 g/mol. The minimum Gasteiger partial charge on any atom is -0.432 e. The van der Waals surface area contributed by atoms with E-state index in [-0.39, 0.29) is 0 Å². The van der Waals surface area contributed by atoms with Gasteiger partial charge in [0.1, 0.15) is 6.26 Å². The lowest BCUT2D eigenvalue weighted by molar-refractivity contribution is 0.138. The van der Waals surface area contributed by atoms with Crippen molar-refractivity contribution in [2.45, 2.75) is 33.2 Å². The summed E-state index contributed by atoms with van der Waals surface area (Å²) < 4.78 is 10.8. The molecule has 5 heteroatoms. The molecule has 0 bridgehead atoms. The number of nitrogens with one attached hydrogen (secondary N) is 1. The molecule has 2 heterocycles. The van der Waals surface area contributed by atoms with E-state index in [9.17, 15) is 0 Å². The second kappa shape index (κ2) is 7.64. The summed E-state index contributed by atoms with van der Waals surface area (Å²) in [6, 6.07) is 0.766. The maximum absolute atomic E-state index is 5.60. The van der Waals surface area contributed by atoms with E-state index in [0.717, 1.165) is 57.3 Å². The Balaban J connectivity index is 1.78. The zero-order valence-corrected chi connectivity index (χ0v) is 12.9. The number of anilines is 1. The first-order valence-electron chi connectivity index (χ1n) is 7.58. The summed E-state index contributed by atoms with van der Waals surface area (Å²) in [5, 5.41) is 3.38. The molecule has 0 amide bonds. The second-order valence-electron chi connectivity index (χ2n) is 6.03. The van der Waals surface area contributed by atoms with E-state index in [4.69, 9.17) is 9.15 Å². The van der Waals surface area contributed by atoms with Crippen LogP contribution in [0.5, 0.6) is 0 Å². The van der Waals surface area contributed by atoms with Crippen molar-refractivity contribution in [2.24, 2.45) is 11.8 Å². The minimum atomic E-state index is 0.654. The fourth-order valence-corrected chi connectivity index (χ4v) is 2.54. The van der Waals surface area contributed by atoms with Gasteiger partial charge in [-0.25, -0.2) is 0 Å². The number of ether oxygens (including phenoxy) is 1. The standard InChI is InChI=1S/C15H27N3O2/c1-12(2)8-16-9-14-11-20-15(17-14)18-6-4-13(5-7-18)10-19-3/h11-13,16H,4-10H2,1-3H3. The third-order valence-electron chi connectivity index (χ3n) is 3.69. The highest BCUT2D eigenvalue weighted by Gasteiger charge is 2.22. The summed E-state index contributed by atoms with van der Waals surface area (Å²) >= 11 is 0. The Labute approximate surface area is 121 Å². The average molecular weight is 281 g/mol. The lowest BCUT2D eigenvalue weighted by atomic mass is 9.98. The van der Waals surface area contributed by atoms with Crippen LogP contribution >= 0.6 is 0 Å². The summed E-state index contributed by atoms with van der Waals surface area (Å²) in [7, 11) is 1.77. The molecule has 1 aromatic rings. The molecule has 0 radical (unpaired) electrons. The highest BCUT2D eigenvalue weighted by atomic mass is 16.5. The number of hydrogen-bond acceptors (Lipinski definition) is 5. The molecule has 0 atom stereocenters. The molecule has 0 aliphatic carbocycles. The summed E-state index contributed by atoms with van der Waals surface area (Å²) in [5.74, 6) is 1.33. The molecule has 20 heavy (non-hydrogen) atoms. The van der Waals surface area contributed by atoms with Gasteiger partial charge in [0.15, 0.2) is 0 Å². The van der Waals surface area contributed by atoms with Crippen LogP contribution in [0.3, 0.4) is 0 Å². The van der Waals surface area contributed by atoms with E-state index in [1.807, 2.05) is 0 Å². The van der Waals surface area contributed by atoms with E-state index in [1.54, 1.807) is 13.4 Å². The van der Waals surface area contributed by atoms with Crippen molar-refractivity contribution in [3.8, 4) is 0 Å². The molecular formula is C15H27N3O2. The number of oxazole rings is 1. The first kappa shape index (κ1) is 15.3. The topological polar surface area (TPSA) is 50.5 Å². The first-order valence-corrected chi connectivity index (χ1v) is 7.58. The van der Waals surface area contributed by atoms with Crippen LogP contribution < -0.4 is 10.2 Å². The molecule has 0 spiro atoms. The van der Waals surface area contributed by atoms with Crippen LogP contribution in [0, 0.1) is 11.8 Å². The Morgan fingerprint density at radius 3 is 2.85 bits per heavy atom. The lowest BCUT2D eigenvalue weighted by Gasteiger charge is -2.30. The number of hydrogen-bond donors (Lipinski definition) is 1. The summed E-state index contributed by atoms with van der Waals surface area (Å²) in [5.41, 5.74) is 0.986. The van der Waals surface area contributed by atoms with Gasteiger partial charge in [-0.05, 0) is 31.2 Å². The van der Waals surface area contributed by atoms with E-state index in [1.165, 1.54) is 0 Å². The number of nitrogens with zero attached hydrogens (tertiary/aromatic N) is 2. The molecule has 0 aromatic carbocycles. The Bertz CT molecular complexity index is 384. The van der Waals surface area contributed by atoms with Crippen LogP contribution in [0.15, 0.2) is 10.7 Å². The summed E-state index contributed by atoms with van der Waals surface area (Å²) in [6.07, 6.45) is 4.07. The van der Waals surface area contributed by atoms with Gasteiger partial charge in [-0.3, -0.25) is 0 Å². The molecule has 1 fully saturated rings. The quantitative estimate of drug-likeness (QED) is 0.831. The molecular weight excluding hydrogens is 254 g/mol. The van der Waals surface area contributed by atoms with Crippen LogP contribution in [0.4, 0.5) is 6.01 Å². The molecule has 1 aromatic heterocycles. The number of methoxy groups -OCH3 is 1. The van der Waals surface area contributed by atoms with Crippen molar-refractivity contribution in [3.63, 3.8) is 0 Å². The normalized spacial score (nSPS) is 17.1. The Hall–Kier alpha value is -1.07. The Kier molecular flexibility index (Phi) is 5.86. The van der Waals surface area contributed by atoms with E-state index >= 15 is 0 Å². The first-order chi connectivity index (χ1) is 9.69. The van der Waals surface area contributed by atoms with Crippen LogP contribution in [-0.2, 0) is 11.3 Å². The van der Waals surface area contributed by atoms with Crippen LogP contribution in [0.2, 0.25) is 0 Å². The van der Waals surface area contributed by atoms with E-state index < -0.39 is 0 Å². The van der Waals surface area contributed by atoms with E-state index in [2.05, 4.69) is 29.0 Å². The average Bonchev–Trinajstić information content (AvgIpc) is 2.88.